The number of rotatable bonds is 1. The van der Waals surface area contributed by atoms with E-state index in [2.05, 4.69) is 30.8 Å². The maximum atomic E-state index is 11.1. The number of hydrogen-bond donors (Lipinski definition) is 0. The fraction of sp³-hybridized carbons (Fsp3) is 0.556. The first-order chi connectivity index (χ1) is 5.90. The van der Waals surface area contributed by atoms with Crippen LogP contribution in [0.1, 0.15) is 27.7 Å². The molecule has 0 unspecified atom stereocenters. The Morgan fingerprint density at radius 2 is 2.08 bits per heavy atom. The summed E-state index contributed by atoms with van der Waals surface area (Å²) in [6, 6.07) is 0. The molecule has 1 heterocycles. The second kappa shape index (κ2) is 3.54. The molecule has 72 valence electrons. The van der Waals surface area contributed by atoms with Gasteiger partial charge in [-0.05, 0) is 12.3 Å². The average Bonchev–Trinajstić information content (AvgIpc) is 2.27. The van der Waals surface area contributed by atoms with Gasteiger partial charge in [-0.2, -0.15) is 0 Å². The van der Waals surface area contributed by atoms with E-state index in [1.165, 1.54) is 0 Å². The maximum absolute atomic E-state index is 11.1. The van der Waals surface area contributed by atoms with Crippen molar-refractivity contribution in [1.29, 1.82) is 0 Å². The van der Waals surface area contributed by atoms with Gasteiger partial charge in [0.05, 0.1) is 11.3 Å². The molecule has 0 radical (unpaired) electrons. The van der Waals surface area contributed by atoms with Crippen molar-refractivity contribution >= 4 is 23.4 Å². The third-order valence-corrected chi connectivity index (χ3v) is 2.47. The molecular weight excluding hydrogens is 186 g/mol. The van der Waals surface area contributed by atoms with E-state index in [1.807, 2.05) is 5.41 Å². The molecular formula is C9H13NO2S. The second-order valence-electron chi connectivity index (χ2n) is 3.82. The van der Waals surface area contributed by atoms with E-state index < -0.39 is 0 Å². The van der Waals surface area contributed by atoms with Crippen LogP contribution in [0, 0.1) is 0 Å². The molecule has 0 saturated heterocycles. The molecule has 3 nitrogen and oxygen atoms in total. The van der Waals surface area contributed by atoms with Crippen LogP contribution in [0.3, 0.4) is 0 Å². The van der Waals surface area contributed by atoms with Gasteiger partial charge in [-0.25, -0.2) is 4.79 Å². The van der Waals surface area contributed by atoms with Crippen molar-refractivity contribution in [1.82, 2.24) is 0 Å². The number of hydrogen-bond acceptors (Lipinski definition) is 4. The summed E-state index contributed by atoms with van der Waals surface area (Å²) in [4.78, 5) is 15.6. The average molecular weight is 199 g/mol. The topological polar surface area (TPSA) is 38.7 Å². The molecule has 1 rings (SSSR count). The third kappa shape index (κ3) is 2.88. The summed E-state index contributed by atoms with van der Waals surface area (Å²) in [6.07, 6.45) is 0. The van der Waals surface area contributed by atoms with Crippen LogP contribution in [-0.2, 0) is 9.63 Å². The zero-order valence-electron chi connectivity index (χ0n) is 8.25. The lowest BCUT2D eigenvalue weighted by Gasteiger charge is -2.14. The first-order valence-corrected chi connectivity index (χ1v) is 4.92. The molecule has 1 aliphatic rings. The number of carbonyl (C=O) groups is 1. The standard InChI is InChI=1S/C9H13NO2S/c1-6-7(8(11)12-10-6)5-13-9(2,3)4/h5H,1-4H3. The monoisotopic (exact) mass is 199 g/mol. The molecule has 4 heteroatoms. The highest BCUT2D eigenvalue weighted by atomic mass is 32.2. The van der Waals surface area contributed by atoms with Crippen molar-refractivity contribution in [2.45, 2.75) is 32.4 Å². The summed E-state index contributed by atoms with van der Waals surface area (Å²) >= 11 is 1.59. The SMILES string of the molecule is CC1=NOC(=O)C1=CSC(C)(C)C. The number of nitrogens with zero attached hydrogens (tertiary/aromatic N) is 1. The fourth-order valence-corrected chi connectivity index (χ4v) is 1.46. The Balaban J connectivity index is 2.71. The first kappa shape index (κ1) is 10.3. The van der Waals surface area contributed by atoms with E-state index in [4.69, 9.17) is 0 Å². The van der Waals surface area contributed by atoms with Gasteiger partial charge in [-0.3, -0.25) is 0 Å². The molecule has 0 saturated carbocycles. The maximum Gasteiger partial charge on any atom is 0.368 e. The molecule has 0 bridgehead atoms. The number of oxime groups is 1. The minimum atomic E-state index is -0.353. The van der Waals surface area contributed by atoms with Crippen LogP contribution >= 0.6 is 11.8 Å². The van der Waals surface area contributed by atoms with Crippen molar-refractivity contribution in [3.8, 4) is 0 Å². The largest absolute Gasteiger partial charge is 0.368 e. The highest BCUT2D eigenvalue weighted by Gasteiger charge is 2.22. The van der Waals surface area contributed by atoms with E-state index >= 15 is 0 Å². The second-order valence-corrected chi connectivity index (χ2v) is 5.51. The molecule has 13 heavy (non-hydrogen) atoms. The molecule has 0 fully saturated rings. The smallest absolute Gasteiger partial charge is 0.312 e. The molecule has 1 aliphatic heterocycles. The third-order valence-electron chi connectivity index (χ3n) is 1.41. The Morgan fingerprint density at radius 1 is 1.46 bits per heavy atom. The Hall–Kier alpha value is -0.770. The fourth-order valence-electron chi connectivity index (χ4n) is 0.725. The highest BCUT2D eigenvalue weighted by Crippen LogP contribution is 2.27. The minimum Gasteiger partial charge on any atom is -0.312 e. The van der Waals surface area contributed by atoms with Gasteiger partial charge in [0.15, 0.2) is 0 Å². The van der Waals surface area contributed by atoms with Crippen LogP contribution in [0.4, 0.5) is 0 Å². The quantitative estimate of drug-likeness (QED) is 0.480. The highest BCUT2D eigenvalue weighted by molar-refractivity contribution is 8.03. The predicted octanol–water partition coefficient (Wildman–Crippen LogP) is 2.33. The molecule has 0 aromatic heterocycles. The molecule has 0 atom stereocenters. The Kier molecular flexibility index (Phi) is 2.81. The molecule has 0 N–H and O–H groups in total. The van der Waals surface area contributed by atoms with Crippen molar-refractivity contribution < 1.29 is 9.63 Å². The molecule has 0 aromatic carbocycles. The molecule has 0 spiro atoms. The molecule has 0 aliphatic carbocycles. The lowest BCUT2D eigenvalue weighted by molar-refractivity contribution is -0.136. The summed E-state index contributed by atoms with van der Waals surface area (Å²) in [5.74, 6) is -0.353. The van der Waals surface area contributed by atoms with Crippen LogP contribution < -0.4 is 0 Å². The summed E-state index contributed by atoms with van der Waals surface area (Å²) < 4.78 is 0.107. The summed E-state index contributed by atoms with van der Waals surface area (Å²) in [6.45, 7) is 8.02. The van der Waals surface area contributed by atoms with Gasteiger partial charge in [0.1, 0.15) is 0 Å². The van der Waals surface area contributed by atoms with Gasteiger partial charge in [0.25, 0.3) is 0 Å². The van der Waals surface area contributed by atoms with Crippen LogP contribution in [0.25, 0.3) is 0 Å². The summed E-state index contributed by atoms with van der Waals surface area (Å²) in [7, 11) is 0. The summed E-state index contributed by atoms with van der Waals surface area (Å²) in [5, 5.41) is 5.40. The number of thioether (sulfide) groups is 1. The minimum absolute atomic E-state index is 0.107. The van der Waals surface area contributed by atoms with Gasteiger partial charge in [0.2, 0.25) is 0 Å². The summed E-state index contributed by atoms with van der Waals surface area (Å²) in [5.41, 5.74) is 1.22. The van der Waals surface area contributed by atoms with Crippen molar-refractivity contribution in [2.24, 2.45) is 5.16 Å². The first-order valence-electron chi connectivity index (χ1n) is 4.04. The van der Waals surface area contributed by atoms with Crippen molar-refractivity contribution in [3.05, 3.63) is 11.0 Å². The normalized spacial score (nSPS) is 20.5. The van der Waals surface area contributed by atoms with E-state index in [1.54, 1.807) is 18.7 Å². The Morgan fingerprint density at radius 3 is 2.46 bits per heavy atom. The molecule has 0 amide bonds. The Bertz CT molecular complexity index is 286. The van der Waals surface area contributed by atoms with Crippen LogP contribution in [0.2, 0.25) is 0 Å². The van der Waals surface area contributed by atoms with Gasteiger partial charge < -0.3 is 4.84 Å². The zero-order chi connectivity index (χ0) is 10.1. The van der Waals surface area contributed by atoms with Crippen LogP contribution in [-0.4, -0.2) is 16.4 Å². The van der Waals surface area contributed by atoms with Crippen molar-refractivity contribution in [2.75, 3.05) is 0 Å². The molecule has 0 aromatic rings. The van der Waals surface area contributed by atoms with E-state index in [-0.39, 0.29) is 10.7 Å². The van der Waals surface area contributed by atoms with Gasteiger partial charge >= 0.3 is 5.97 Å². The van der Waals surface area contributed by atoms with E-state index in [9.17, 15) is 4.79 Å². The lowest BCUT2D eigenvalue weighted by atomic mass is 10.2. The van der Waals surface area contributed by atoms with E-state index in [0.29, 0.717) is 11.3 Å². The van der Waals surface area contributed by atoms with Gasteiger partial charge in [-0.1, -0.05) is 25.9 Å². The number of carbonyl (C=O) groups excluding carboxylic acids is 1. The lowest BCUT2D eigenvalue weighted by Crippen LogP contribution is -2.07. The predicted molar refractivity (Wildman–Crippen MR) is 54.6 cm³/mol. The van der Waals surface area contributed by atoms with Gasteiger partial charge in [-0.15, -0.1) is 11.8 Å². The van der Waals surface area contributed by atoms with Crippen LogP contribution in [0.15, 0.2) is 16.1 Å². The zero-order valence-corrected chi connectivity index (χ0v) is 9.07. The Labute approximate surface area is 82.2 Å². The van der Waals surface area contributed by atoms with Crippen LogP contribution in [0.5, 0.6) is 0 Å². The van der Waals surface area contributed by atoms with Crippen molar-refractivity contribution in [3.63, 3.8) is 0 Å². The van der Waals surface area contributed by atoms with Gasteiger partial charge in [0, 0.05) is 4.75 Å². The van der Waals surface area contributed by atoms with E-state index in [0.717, 1.165) is 0 Å².